The summed E-state index contributed by atoms with van der Waals surface area (Å²) in [6.07, 6.45) is 7.28. The van der Waals surface area contributed by atoms with Crippen LogP contribution in [0.5, 0.6) is 0 Å². The zero-order valence-corrected chi connectivity index (χ0v) is 14.7. The van der Waals surface area contributed by atoms with E-state index >= 15 is 0 Å². The number of rotatable bonds is 2. The number of hydrogen-bond donors (Lipinski definition) is 0. The van der Waals surface area contributed by atoms with Gasteiger partial charge in [0.1, 0.15) is 0 Å². The molecule has 0 bridgehead atoms. The maximum Gasteiger partial charge on any atom is 0.0872 e. The van der Waals surface area contributed by atoms with Crippen molar-refractivity contribution < 1.29 is 14.2 Å². The Bertz CT molecular complexity index is 408. The van der Waals surface area contributed by atoms with E-state index in [1.807, 2.05) is 6.08 Å². The molecule has 0 saturated carbocycles. The first kappa shape index (κ1) is 15.3. The third-order valence-corrected chi connectivity index (χ3v) is 5.57. The van der Waals surface area contributed by atoms with Crippen molar-refractivity contribution in [1.29, 1.82) is 0 Å². The number of alkyl halides is 1. The molecule has 20 heavy (non-hydrogen) atoms. The molecule has 3 aliphatic rings. The van der Waals surface area contributed by atoms with Crippen molar-refractivity contribution in [3.63, 3.8) is 0 Å². The number of ether oxygens (including phenoxy) is 3. The van der Waals surface area contributed by atoms with Crippen LogP contribution in [0.25, 0.3) is 0 Å². The molecule has 3 saturated heterocycles. The molecule has 0 aromatic heterocycles. The minimum absolute atomic E-state index is 0.0988. The molecule has 0 spiro atoms. The monoisotopic (exact) mass is 406 g/mol. The van der Waals surface area contributed by atoms with Gasteiger partial charge >= 0.3 is 0 Å². The minimum Gasteiger partial charge on any atom is -0.371 e. The highest BCUT2D eigenvalue weighted by Crippen LogP contribution is 2.40. The third-order valence-electron chi connectivity index (χ3n) is 4.34. The van der Waals surface area contributed by atoms with E-state index in [0.29, 0.717) is 17.0 Å². The first-order valence-electron chi connectivity index (χ1n) is 7.33. The summed E-state index contributed by atoms with van der Waals surface area (Å²) in [7, 11) is 0. The van der Waals surface area contributed by atoms with E-state index in [1.54, 1.807) is 4.99 Å². The Kier molecular flexibility index (Phi) is 5.06. The van der Waals surface area contributed by atoms with Gasteiger partial charge in [-0.3, -0.25) is 0 Å². The highest BCUT2D eigenvalue weighted by atomic mass is 79.9. The molecule has 7 atom stereocenters. The third kappa shape index (κ3) is 3.40. The summed E-state index contributed by atoms with van der Waals surface area (Å²) in [4.78, 5) is 2.10. The van der Waals surface area contributed by atoms with Crippen molar-refractivity contribution >= 4 is 31.9 Å². The Labute approximate surface area is 137 Å². The van der Waals surface area contributed by atoms with Crippen molar-refractivity contribution in [2.75, 3.05) is 0 Å². The normalized spacial score (nSPS) is 47.0. The molecule has 3 heterocycles. The number of epoxide rings is 1. The second kappa shape index (κ2) is 6.64. The summed E-state index contributed by atoms with van der Waals surface area (Å²) in [6, 6.07) is 0. The lowest BCUT2D eigenvalue weighted by molar-refractivity contribution is -0.0591. The number of hydrogen-bond acceptors (Lipinski definition) is 3. The van der Waals surface area contributed by atoms with Crippen LogP contribution in [0, 0.1) is 0 Å². The van der Waals surface area contributed by atoms with Gasteiger partial charge in [-0.15, -0.1) is 5.73 Å². The Morgan fingerprint density at radius 2 is 1.75 bits per heavy atom. The van der Waals surface area contributed by atoms with Crippen molar-refractivity contribution in [2.24, 2.45) is 0 Å². The van der Waals surface area contributed by atoms with E-state index in [-0.39, 0.29) is 24.4 Å². The highest BCUT2D eigenvalue weighted by Gasteiger charge is 2.48. The summed E-state index contributed by atoms with van der Waals surface area (Å²) in [5.74, 6) is 0. The minimum atomic E-state index is 0.0988. The van der Waals surface area contributed by atoms with Crippen molar-refractivity contribution in [3.05, 3.63) is 16.8 Å². The van der Waals surface area contributed by atoms with Crippen LogP contribution in [-0.4, -0.2) is 41.5 Å². The van der Waals surface area contributed by atoms with Gasteiger partial charge in [-0.05, 0) is 18.9 Å². The van der Waals surface area contributed by atoms with Gasteiger partial charge in [0.05, 0.1) is 36.6 Å². The van der Waals surface area contributed by atoms with Gasteiger partial charge in [0.25, 0.3) is 0 Å². The van der Waals surface area contributed by atoms with Gasteiger partial charge in [0.15, 0.2) is 0 Å². The largest absolute Gasteiger partial charge is 0.371 e. The lowest BCUT2D eigenvalue weighted by atomic mass is 10.0. The maximum atomic E-state index is 6.34. The summed E-state index contributed by atoms with van der Waals surface area (Å²) < 4.78 is 18.2. The van der Waals surface area contributed by atoms with Crippen molar-refractivity contribution in [1.82, 2.24) is 0 Å². The van der Waals surface area contributed by atoms with Gasteiger partial charge in [0.2, 0.25) is 0 Å². The molecule has 0 aromatic carbocycles. The van der Waals surface area contributed by atoms with Crippen LogP contribution >= 0.6 is 31.9 Å². The first-order chi connectivity index (χ1) is 9.71. The number of halogens is 2. The molecule has 3 nitrogen and oxygen atoms in total. The smallest absolute Gasteiger partial charge is 0.0872 e. The molecule has 3 rings (SSSR count). The fourth-order valence-corrected chi connectivity index (χ4v) is 4.23. The number of fused-ring (bicyclic) bond motifs is 2. The average Bonchev–Trinajstić information content (AvgIpc) is 3.02. The molecule has 3 aliphatic heterocycles. The Morgan fingerprint density at radius 1 is 1.05 bits per heavy atom. The molecule has 0 amide bonds. The molecule has 0 aromatic rings. The van der Waals surface area contributed by atoms with Crippen LogP contribution < -0.4 is 0 Å². The molecule has 0 aliphatic carbocycles. The topological polar surface area (TPSA) is 31.0 Å². The lowest BCUT2D eigenvalue weighted by Gasteiger charge is -2.26. The standard InChI is InChI=1S/C15H20Br2O3/c1-2-11-10(17)7-13-15(20-13)8-14-12(19-11)6-9(18-14)4-3-5-16/h4-5,9-15H,2,6-8H2,1H3/t3?,9-,10-,11+,12+,13+,14+,15-/m0/s1. The molecule has 0 unspecified atom stereocenters. The predicted molar refractivity (Wildman–Crippen MR) is 84.4 cm³/mol. The van der Waals surface area contributed by atoms with E-state index in [4.69, 9.17) is 14.2 Å². The molecular weight excluding hydrogens is 388 g/mol. The molecular formula is C15H20Br2O3. The fourth-order valence-electron chi connectivity index (χ4n) is 3.21. The van der Waals surface area contributed by atoms with Gasteiger partial charge in [-0.25, -0.2) is 0 Å². The van der Waals surface area contributed by atoms with Gasteiger partial charge < -0.3 is 14.2 Å². The van der Waals surface area contributed by atoms with E-state index in [0.717, 1.165) is 25.7 Å². The summed E-state index contributed by atoms with van der Waals surface area (Å²) in [5, 5.41) is 0. The van der Waals surface area contributed by atoms with E-state index < -0.39 is 0 Å². The van der Waals surface area contributed by atoms with Crippen LogP contribution in [0.4, 0.5) is 0 Å². The Balaban J connectivity index is 1.72. The predicted octanol–water partition coefficient (Wildman–Crippen LogP) is 3.70. The second-order valence-corrected chi connectivity index (χ2v) is 7.35. The van der Waals surface area contributed by atoms with Gasteiger partial charge in [0, 0.05) is 22.7 Å². The van der Waals surface area contributed by atoms with E-state index in [9.17, 15) is 0 Å². The van der Waals surface area contributed by atoms with Gasteiger partial charge in [-0.2, -0.15) is 0 Å². The first-order valence-corrected chi connectivity index (χ1v) is 9.16. The molecule has 0 radical (unpaired) electrons. The van der Waals surface area contributed by atoms with E-state index in [2.05, 4.69) is 44.5 Å². The average molecular weight is 408 g/mol. The zero-order chi connectivity index (χ0) is 14.1. The molecule has 0 N–H and O–H groups in total. The van der Waals surface area contributed by atoms with Crippen LogP contribution in [0.2, 0.25) is 0 Å². The van der Waals surface area contributed by atoms with Crippen LogP contribution in [0.15, 0.2) is 16.8 Å². The molecule has 3 fully saturated rings. The summed E-state index contributed by atoms with van der Waals surface area (Å²) in [5.41, 5.74) is 3.04. The molecule has 5 heteroatoms. The lowest BCUT2D eigenvalue weighted by Crippen LogP contribution is -2.33. The van der Waals surface area contributed by atoms with Crippen LogP contribution in [-0.2, 0) is 14.2 Å². The van der Waals surface area contributed by atoms with Crippen molar-refractivity contribution in [3.8, 4) is 0 Å². The highest BCUT2D eigenvalue weighted by molar-refractivity contribution is 9.11. The Hall–Kier alpha value is 0.360. The van der Waals surface area contributed by atoms with E-state index in [1.165, 1.54) is 0 Å². The Morgan fingerprint density at radius 3 is 2.50 bits per heavy atom. The fraction of sp³-hybridized carbons (Fsp3) is 0.800. The van der Waals surface area contributed by atoms with Crippen LogP contribution in [0.3, 0.4) is 0 Å². The maximum absolute atomic E-state index is 6.34. The second-order valence-electron chi connectivity index (χ2n) is 5.71. The quantitative estimate of drug-likeness (QED) is 0.397. The molecule has 112 valence electrons. The van der Waals surface area contributed by atoms with Crippen LogP contribution in [0.1, 0.15) is 32.6 Å². The SMILES string of the molecule is CC[C@H]1O[C@@H]2C[C@H](C=C=CBr)O[C@@H]2C[C@@H]2O[C@@H]2C[C@@H]1Br. The van der Waals surface area contributed by atoms with Gasteiger partial charge in [-0.1, -0.05) is 38.8 Å². The summed E-state index contributed by atoms with van der Waals surface area (Å²) >= 11 is 7.01. The van der Waals surface area contributed by atoms with Crippen molar-refractivity contribution in [2.45, 2.75) is 74.1 Å². The summed E-state index contributed by atoms with van der Waals surface area (Å²) in [6.45, 7) is 2.18. The zero-order valence-electron chi connectivity index (χ0n) is 11.5.